The normalized spacial score (nSPS) is 11.8. The van der Waals surface area contributed by atoms with Crippen molar-refractivity contribution in [2.75, 3.05) is 18.9 Å². The first-order valence-corrected chi connectivity index (χ1v) is 6.13. The Bertz CT molecular complexity index is 488. The minimum absolute atomic E-state index is 0.0150. The maximum absolute atomic E-state index is 11.9. The van der Waals surface area contributed by atoms with Gasteiger partial charge in [0.05, 0.1) is 4.92 Å². The third kappa shape index (κ3) is 3.67. The zero-order valence-electron chi connectivity index (χ0n) is 11.6. The van der Waals surface area contributed by atoms with E-state index in [2.05, 4.69) is 5.32 Å². The van der Waals surface area contributed by atoms with Crippen LogP contribution < -0.4 is 5.32 Å². The number of nitrogens with one attached hydrogen (secondary N) is 1. The summed E-state index contributed by atoms with van der Waals surface area (Å²) in [5.74, 6) is -0.0997. The molecule has 0 radical (unpaired) electrons. The van der Waals surface area contributed by atoms with Gasteiger partial charge >= 0.3 is 0 Å². The quantitative estimate of drug-likeness (QED) is 0.654. The van der Waals surface area contributed by atoms with Crippen LogP contribution in [-0.2, 0) is 4.79 Å². The number of rotatable bonds is 5. The summed E-state index contributed by atoms with van der Waals surface area (Å²) in [6, 6.07) is 4.38. The molecule has 6 nitrogen and oxygen atoms in total. The van der Waals surface area contributed by atoms with Gasteiger partial charge in [-0.05, 0) is 32.4 Å². The predicted octanol–water partition coefficient (Wildman–Crippen LogP) is 2.18. The molecule has 0 aliphatic heterocycles. The molecule has 1 unspecified atom stereocenters. The molecule has 1 atom stereocenters. The van der Waals surface area contributed by atoms with Crippen molar-refractivity contribution in [2.45, 2.75) is 26.8 Å². The molecular weight excluding hydrogens is 246 g/mol. The van der Waals surface area contributed by atoms with Crippen molar-refractivity contribution in [3.05, 3.63) is 33.9 Å². The maximum Gasteiger partial charge on any atom is 0.292 e. The number of carbonyl (C=O) groups excluding carboxylic acids is 1. The number of hydrogen-bond acceptors (Lipinski definition) is 4. The van der Waals surface area contributed by atoms with E-state index in [4.69, 9.17) is 0 Å². The molecule has 104 valence electrons. The summed E-state index contributed by atoms with van der Waals surface area (Å²) >= 11 is 0. The van der Waals surface area contributed by atoms with Crippen LogP contribution in [0.3, 0.4) is 0 Å². The summed E-state index contributed by atoms with van der Waals surface area (Å²) in [6.07, 6.45) is 0. The van der Waals surface area contributed by atoms with Crippen LogP contribution >= 0.6 is 0 Å². The van der Waals surface area contributed by atoms with E-state index >= 15 is 0 Å². The van der Waals surface area contributed by atoms with Crippen LogP contribution in [0.25, 0.3) is 0 Å². The largest absolute Gasteiger partial charge is 0.368 e. The summed E-state index contributed by atoms with van der Waals surface area (Å²) in [6.45, 7) is 5.95. The Morgan fingerprint density at radius 1 is 1.53 bits per heavy atom. The smallest absolute Gasteiger partial charge is 0.292 e. The number of aryl methyl sites for hydroxylation is 1. The maximum atomic E-state index is 11.9. The lowest BCUT2D eigenvalue weighted by atomic mass is 10.1. The first kappa shape index (κ1) is 14.9. The Morgan fingerprint density at radius 2 is 2.16 bits per heavy atom. The number of anilines is 1. The first-order valence-electron chi connectivity index (χ1n) is 6.13. The highest BCUT2D eigenvalue weighted by atomic mass is 16.6. The Morgan fingerprint density at radius 3 is 2.68 bits per heavy atom. The van der Waals surface area contributed by atoms with Crippen molar-refractivity contribution in [1.82, 2.24) is 4.90 Å². The molecule has 0 aromatic heterocycles. The molecule has 0 bridgehead atoms. The Balaban J connectivity index is 2.93. The Kier molecular flexibility index (Phi) is 4.86. The number of benzene rings is 1. The van der Waals surface area contributed by atoms with E-state index in [9.17, 15) is 14.9 Å². The molecule has 19 heavy (non-hydrogen) atoms. The van der Waals surface area contributed by atoms with Gasteiger partial charge < -0.3 is 10.2 Å². The van der Waals surface area contributed by atoms with Crippen molar-refractivity contribution < 1.29 is 9.72 Å². The number of nitro groups is 1. The van der Waals surface area contributed by atoms with E-state index in [1.54, 1.807) is 37.9 Å². The molecular formula is C13H19N3O3. The van der Waals surface area contributed by atoms with Gasteiger partial charge in [0.1, 0.15) is 11.7 Å². The predicted molar refractivity (Wildman–Crippen MR) is 74.2 cm³/mol. The lowest BCUT2D eigenvalue weighted by molar-refractivity contribution is -0.384. The molecule has 6 heteroatoms. The van der Waals surface area contributed by atoms with Gasteiger partial charge in [0.2, 0.25) is 5.91 Å². The van der Waals surface area contributed by atoms with Crippen LogP contribution in [0.4, 0.5) is 11.4 Å². The summed E-state index contributed by atoms with van der Waals surface area (Å²) in [5.41, 5.74) is 1.15. The SMILES string of the molecule is CCN(C)C(=O)C(C)Nc1ccc(C)cc1[N+](=O)[O-]. The molecule has 0 aliphatic carbocycles. The van der Waals surface area contributed by atoms with Gasteiger partial charge in [-0.3, -0.25) is 14.9 Å². The molecule has 1 aromatic rings. The van der Waals surface area contributed by atoms with E-state index in [1.807, 2.05) is 6.92 Å². The third-order valence-electron chi connectivity index (χ3n) is 2.94. The standard InChI is InChI=1S/C13H19N3O3/c1-5-15(4)13(17)10(3)14-11-7-6-9(2)8-12(11)16(18)19/h6-8,10,14H,5H2,1-4H3. The van der Waals surface area contributed by atoms with Crippen molar-refractivity contribution in [3.8, 4) is 0 Å². The number of nitrogens with zero attached hydrogens (tertiary/aromatic N) is 2. The second-order valence-electron chi connectivity index (χ2n) is 4.50. The molecule has 0 spiro atoms. The molecule has 1 amide bonds. The highest BCUT2D eigenvalue weighted by Gasteiger charge is 2.20. The van der Waals surface area contributed by atoms with Crippen LogP contribution in [0.5, 0.6) is 0 Å². The van der Waals surface area contributed by atoms with Gasteiger partial charge in [-0.1, -0.05) is 6.07 Å². The van der Waals surface area contributed by atoms with Crippen molar-refractivity contribution in [1.29, 1.82) is 0 Å². The first-order chi connectivity index (χ1) is 8.86. The fourth-order valence-electron chi connectivity index (χ4n) is 1.70. The van der Waals surface area contributed by atoms with Gasteiger partial charge in [-0.25, -0.2) is 0 Å². The fraction of sp³-hybridized carbons (Fsp3) is 0.462. The van der Waals surface area contributed by atoms with Crippen LogP contribution in [0.15, 0.2) is 18.2 Å². The minimum Gasteiger partial charge on any atom is -0.368 e. The van der Waals surface area contributed by atoms with Gasteiger partial charge in [-0.15, -0.1) is 0 Å². The lowest BCUT2D eigenvalue weighted by Gasteiger charge is -2.21. The third-order valence-corrected chi connectivity index (χ3v) is 2.94. The second kappa shape index (κ2) is 6.17. The monoisotopic (exact) mass is 265 g/mol. The average molecular weight is 265 g/mol. The zero-order chi connectivity index (χ0) is 14.6. The molecule has 0 saturated carbocycles. The summed E-state index contributed by atoms with van der Waals surface area (Å²) < 4.78 is 0. The van der Waals surface area contributed by atoms with Crippen molar-refractivity contribution in [2.24, 2.45) is 0 Å². The number of amides is 1. The minimum atomic E-state index is -0.508. The van der Waals surface area contributed by atoms with Crippen LogP contribution in [0.2, 0.25) is 0 Å². The van der Waals surface area contributed by atoms with Gasteiger partial charge in [0.15, 0.2) is 0 Å². The summed E-state index contributed by atoms with van der Waals surface area (Å²) in [4.78, 5) is 24.0. The lowest BCUT2D eigenvalue weighted by Crippen LogP contribution is -2.38. The molecule has 1 aromatic carbocycles. The molecule has 0 fully saturated rings. The van der Waals surface area contributed by atoms with Crippen LogP contribution in [0.1, 0.15) is 19.4 Å². The van der Waals surface area contributed by atoms with E-state index in [0.717, 1.165) is 5.56 Å². The molecule has 1 N–H and O–H groups in total. The van der Waals surface area contributed by atoms with Gasteiger partial charge in [-0.2, -0.15) is 0 Å². The van der Waals surface area contributed by atoms with E-state index in [-0.39, 0.29) is 11.6 Å². The zero-order valence-corrected chi connectivity index (χ0v) is 11.6. The van der Waals surface area contributed by atoms with E-state index in [1.165, 1.54) is 6.07 Å². The molecule has 0 aliphatic rings. The highest BCUT2D eigenvalue weighted by Crippen LogP contribution is 2.26. The topological polar surface area (TPSA) is 75.5 Å². The Hall–Kier alpha value is -2.11. The number of nitro benzene ring substituents is 1. The second-order valence-corrected chi connectivity index (χ2v) is 4.50. The number of carbonyl (C=O) groups is 1. The van der Waals surface area contributed by atoms with Gasteiger partial charge in [0.25, 0.3) is 5.69 Å². The number of likely N-dealkylation sites (N-methyl/N-ethyl adjacent to an activating group) is 1. The van der Waals surface area contributed by atoms with Crippen molar-refractivity contribution >= 4 is 17.3 Å². The van der Waals surface area contributed by atoms with E-state index < -0.39 is 11.0 Å². The van der Waals surface area contributed by atoms with Crippen LogP contribution in [-0.4, -0.2) is 35.4 Å². The molecule has 0 heterocycles. The van der Waals surface area contributed by atoms with E-state index in [0.29, 0.717) is 12.2 Å². The number of hydrogen-bond donors (Lipinski definition) is 1. The Labute approximate surface area is 112 Å². The summed E-state index contributed by atoms with van der Waals surface area (Å²) in [5, 5.41) is 13.9. The van der Waals surface area contributed by atoms with Crippen molar-refractivity contribution in [3.63, 3.8) is 0 Å². The van der Waals surface area contributed by atoms with Gasteiger partial charge in [0, 0.05) is 19.7 Å². The molecule has 1 rings (SSSR count). The fourth-order valence-corrected chi connectivity index (χ4v) is 1.70. The summed E-state index contributed by atoms with van der Waals surface area (Å²) in [7, 11) is 1.70. The highest BCUT2D eigenvalue weighted by molar-refractivity contribution is 5.85. The average Bonchev–Trinajstić information content (AvgIpc) is 2.38. The van der Waals surface area contributed by atoms with Crippen LogP contribution in [0, 0.1) is 17.0 Å². The molecule has 0 saturated heterocycles.